The average Bonchev–Trinajstić information content (AvgIpc) is 3.52. The second-order valence-corrected chi connectivity index (χ2v) is 9.24. The summed E-state index contributed by atoms with van der Waals surface area (Å²) in [6.07, 6.45) is 1.23. The van der Waals surface area contributed by atoms with E-state index >= 15 is 0 Å². The molecule has 2 saturated heterocycles. The van der Waals surface area contributed by atoms with Gasteiger partial charge in [-0.1, -0.05) is 39.3 Å². The van der Waals surface area contributed by atoms with Gasteiger partial charge in [0.1, 0.15) is 12.3 Å². The van der Waals surface area contributed by atoms with Gasteiger partial charge in [-0.2, -0.15) is 0 Å². The molecule has 2 bridgehead atoms. The summed E-state index contributed by atoms with van der Waals surface area (Å²) < 4.78 is 0.917. The molecule has 2 atom stereocenters. The molecule has 2 aromatic rings. The van der Waals surface area contributed by atoms with Gasteiger partial charge in [0.15, 0.2) is 0 Å². The monoisotopic (exact) mass is 479 g/mol. The Hall–Kier alpha value is -2.68. The van der Waals surface area contributed by atoms with E-state index in [1.165, 1.54) is 6.42 Å². The molecule has 0 aromatic heterocycles. The number of anilines is 2. The molecular formula is C23H22BrN5O2. The third-order valence-corrected chi connectivity index (χ3v) is 6.94. The van der Waals surface area contributed by atoms with Crippen LogP contribution in [0, 0.1) is 0 Å². The van der Waals surface area contributed by atoms with E-state index in [4.69, 9.17) is 4.84 Å². The van der Waals surface area contributed by atoms with Crippen LogP contribution in [0.25, 0.3) is 5.57 Å². The van der Waals surface area contributed by atoms with Crippen LogP contribution >= 0.6 is 15.9 Å². The summed E-state index contributed by atoms with van der Waals surface area (Å²) in [5.74, 6) is -0.142. The topological polar surface area (TPSA) is 78.0 Å². The number of para-hydroxylation sites is 1. The lowest BCUT2D eigenvalue weighted by molar-refractivity contribution is -0.110. The molecule has 6 rings (SSSR count). The molecular weight excluding hydrogens is 458 g/mol. The van der Waals surface area contributed by atoms with Crippen molar-refractivity contribution in [3.63, 3.8) is 0 Å². The predicted molar refractivity (Wildman–Crippen MR) is 124 cm³/mol. The van der Waals surface area contributed by atoms with Gasteiger partial charge in [0.05, 0.1) is 11.3 Å². The second-order valence-electron chi connectivity index (χ2n) is 8.33. The van der Waals surface area contributed by atoms with Crippen molar-refractivity contribution in [2.24, 2.45) is 5.16 Å². The molecule has 2 aromatic carbocycles. The Balaban J connectivity index is 1.31. The minimum absolute atomic E-state index is 0.142. The molecule has 7 nitrogen and oxygen atoms in total. The zero-order valence-electron chi connectivity index (χ0n) is 16.8. The Kier molecular flexibility index (Phi) is 4.59. The number of rotatable bonds is 4. The van der Waals surface area contributed by atoms with Gasteiger partial charge in [-0.05, 0) is 30.7 Å². The Labute approximate surface area is 188 Å². The average molecular weight is 480 g/mol. The maximum atomic E-state index is 12.9. The number of allylic oxidation sites excluding steroid dienone is 1. The molecule has 4 aliphatic rings. The van der Waals surface area contributed by atoms with Crippen molar-refractivity contribution in [1.29, 1.82) is 0 Å². The van der Waals surface area contributed by atoms with Crippen LogP contribution in [0.3, 0.4) is 0 Å². The Bertz CT molecular complexity index is 1140. The van der Waals surface area contributed by atoms with Crippen LogP contribution in [0.4, 0.5) is 11.4 Å². The van der Waals surface area contributed by atoms with E-state index in [9.17, 15) is 4.79 Å². The molecule has 0 aliphatic carbocycles. The first-order valence-corrected chi connectivity index (χ1v) is 11.4. The van der Waals surface area contributed by atoms with Crippen molar-refractivity contribution in [1.82, 2.24) is 10.2 Å². The normalized spacial score (nSPS) is 27.4. The van der Waals surface area contributed by atoms with Crippen LogP contribution in [0.2, 0.25) is 0 Å². The number of hydrogen-bond donors (Lipinski definition) is 3. The van der Waals surface area contributed by atoms with Crippen molar-refractivity contribution in [3.05, 3.63) is 63.8 Å². The van der Waals surface area contributed by atoms with Crippen molar-refractivity contribution in [2.75, 3.05) is 36.9 Å². The maximum absolute atomic E-state index is 12.9. The number of benzene rings is 2. The first kappa shape index (κ1) is 19.0. The number of hydrogen-bond acceptors (Lipinski definition) is 6. The second kappa shape index (κ2) is 7.47. The molecule has 2 fully saturated rings. The fraction of sp³-hybridized carbons (Fsp3) is 0.304. The summed E-state index contributed by atoms with van der Waals surface area (Å²) in [6.45, 7) is 3.52. The van der Waals surface area contributed by atoms with Gasteiger partial charge in [-0.25, -0.2) is 0 Å². The molecule has 4 aliphatic heterocycles. The van der Waals surface area contributed by atoms with Crippen molar-refractivity contribution >= 4 is 44.5 Å². The number of halogens is 1. The third kappa shape index (κ3) is 3.26. The van der Waals surface area contributed by atoms with Gasteiger partial charge in [0, 0.05) is 58.7 Å². The molecule has 0 unspecified atom stereocenters. The third-order valence-electron chi connectivity index (χ3n) is 6.45. The summed E-state index contributed by atoms with van der Waals surface area (Å²) in [5.41, 5.74) is 5.43. The molecule has 31 heavy (non-hydrogen) atoms. The SMILES string of the molecule is O=C1Nc2ccc(Br)cc2/C1=C1/Nc2ccccc2/C1=N\OCCN1C[C@@H]2C[C@H]1CN2. The molecule has 1 amide bonds. The lowest BCUT2D eigenvalue weighted by Gasteiger charge is -2.26. The zero-order valence-corrected chi connectivity index (χ0v) is 18.4. The standard InChI is InChI=1S/C23H22BrN5O2/c24-13-5-6-19-17(9-13)20(23(30)27-19)22-21(16-3-1-2-4-18(16)26-22)28-31-8-7-29-12-14-10-15(29)11-25-14/h1-6,9,14-15,25-26H,7-8,10-12H2,(H,27,30)/b22-20-,28-21+/t14-,15-/m0/s1. The van der Waals surface area contributed by atoms with E-state index in [1.54, 1.807) is 0 Å². The van der Waals surface area contributed by atoms with E-state index in [1.807, 2.05) is 42.5 Å². The fourth-order valence-corrected chi connectivity index (χ4v) is 5.34. The number of oxime groups is 1. The van der Waals surface area contributed by atoms with Crippen LogP contribution in [-0.2, 0) is 9.63 Å². The first-order valence-electron chi connectivity index (χ1n) is 10.6. The summed E-state index contributed by atoms with van der Waals surface area (Å²) in [6, 6.07) is 14.9. The van der Waals surface area contributed by atoms with Crippen LogP contribution in [0.15, 0.2) is 57.8 Å². The van der Waals surface area contributed by atoms with Crippen LogP contribution in [0.5, 0.6) is 0 Å². The quantitative estimate of drug-likeness (QED) is 0.357. The van der Waals surface area contributed by atoms with Gasteiger partial charge in [0.25, 0.3) is 5.91 Å². The summed E-state index contributed by atoms with van der Waals surface area (Å²) in [5, 5.41) is 14.4. The molecule has 4 heterocycles. The van der Waals surface area contributed by atoms with E-state index in [0.29, 0.717) is 35.7 Å². The maximum Gasteiger partial charge on any atom is 0.258 e. The first-order chi connectivity index (χ1) is 15.2. The number of nitrogens with one attached hydrogen (secondary N) is 3. The van der Waals surface area contributed by atoms with E-state index in [2.05, 4.69) is 41.9 Å². The van der Waals surface area contributed by atoms with Crippen LogP contribution < -0.4 is 16.0 Å². The number of carbonyl (C=O) groups is 1. The zero-order chi connectivity index (χ0) is 20.9. The molecule has 8 heteroatoms. The van der Waals surface area contributed by atoms with Gasteiger partial charge in [0.2, 0.25) is 0 Å². The van der Waals surface area contributed by atoms with Crippen LogP contribution in [0.1, 0.15) is 17.5 Å². The molecule has 3 N–H and O–H groups in total. The Morgan fingerprint density at radius 2 is 2.00 bits per heavy atom. The minimum Gasteiger partial charge on any atom is -0.394 e. The van der Waals surface area contributed by atoms with Gasteiger partial charge in [-0.3, -0.25) is 9.69 Å². The summed E-state index contributed by atoms with van der Waals surface area (Å²) in [4.78, 5) is 21.1. The Morgan fingerprint density at radius 3 is 2.84 bits per heavy atom. The number of carbonyl (C=O) groups excluding carboxylic acids is 1. The minimum atomic E-state index is -0.142. The molecule has 0 spiro atoms. The number of piperazine rings is 1. The lowest BCUT2D eigenvalue weighted by Crippen LogP contribution is -2.44. The number of likely N-dealkylation sites (tertiary alicyclic amines) is 1. The van der Waals surface area contributed by atoms with E-state index in [-0.39, 0.29) is 5.91 Å². The van der Waals surface area contributed by atoms with E-state index < -0.39 is 0 Å². The van der Waals surface area contributed by atoms with Crippen molar-refractivity contribution in [2.45, 2.75) is 18.5 Å². The Morgan fingerprint density at radius 1 is 1.13 bits per heavy atom. The molecule has 0 saturated carbocycles. The summed E-state index contributed by atoms with van der Waals surface area (Å²) in [7, 11) is 0. The van der Waals surface area contributed by atoms with Gasteiger partial charge < -0.3 is 20.8 Å². The number of nitrogens with zero attached hydrogens (tertiary/aromatic N) is 2. The number of amides is 1. The van der Waals surface area contributed by atoms with Gasteiger partial charge >= 0.3 is 0 Å². The molecule has 0 radical (unpaired) electrons. The predicted octanol–water partition coefficient (Wildman–Crippen LogP) is 3.00. The fourth-order valence-electron chi connectivity index (χ4n) is 4.98. The largest absolute Gasteiger partial charge is 0.394 e. The highest BCUT2D eigenvalue weighted by Gasteiger charge is 2.37. The van der Waals surface area contributed by atoms with E-state index in [0.717, 1.165) is 46.6 Å². The highest BCUT2D eigenvalue weighted by molar-refractivity contribution is 9.10. The van der Waals surface area contributed by atoms with Crippen LogP contribution in [-0.4, -0.2) is 54.8 Å². The summed E-state index contributed by atoms with van der Waals surface area (Å²) >= 11 is 3.52. The van der Waals surface area contributed by atoms with Crippen molar-refractivity contribution in [3.8, 4) is 0 Å². The lowest BCUT2D eigenvalue weighted by atomic mass is 10.0. The van der Waals surface area contributed by atoms with Crippen molar-refractivity contribution < 1.29 is 9.63 Å². The number of fused-ring (bicyclic) bond motifs is 4. The highest BCUT2D eigenvalue weighted by atomic mass is 79.9. The molecule has 158 valence electrons. The smallest absolute Gasteiger partial charge is 0.258 e. The highest BCUT2D eigenvalue weighted by Crippen LogP contribution is 2.40. The van der Waals surface area contributed by atoms with Gasteiger partial charge in [-0.15, -0.1) is 0 Å².